The van der Waals surface area contributed by atoms with E-state index in [1.165, 1.54) is 19.4 Å². The SMILES string of the molecule is CC(CCN)CCC(=O)N(C)CC1CCCN1C. The molecule has 0 aromatic carbocycles. The molecule has 2 atom stereocenters. The molecule has 1 heterocycles. The van der Waals surface area contributed by atoms with E-state index in [0.717, 1.165) is 25.9 Å². The number of likely N-dealkylation sites (N-methyl/N-ethyl adjacent to an activating group) is 2. The average Bonchev–Trinajstić information content (AvgIpc) is 2.72. The fourth-order valence-electron chi connectivity index (χ4n) is 2.62. The van der Waals surface area contributed by atoms with Gasteiger partial charge in [-0.15, -0.1) is 0 Å². The summed E-state index contributed by atoms with van der Waals surface area (Å²) in [4.78, 5) is 16.3. The number of nitrogens with zero attached hydrogens (tertiary/aromatic N) is 2. The molecule has 1 aliphatic rings. The highest BCUT2D eigenvalue weighted by molar-refractivity contribution is 5.75. The zero-order valence-corrected chi connectivity index (χ0v) is 12.2. The summed E-state index contributed by atoms with van der Waals surface area (Å²) in [5, 5.41) is 0. The topological polar surface area (TPSA) is 49.6 Å². The predicted octanol–water partition coefficient (Wildman–Crippen LogP) is 1.30. The second kappa shape index (κ2) is 7.74. The third-order valence-electron chi connectivity index (χ3n) is 4.09. The molecule has 0 saturated carbocycles. The van der Waals surface area contributed by atoms with Crippen molar-refractivity contribution >= 4 is 5.91 Å². The van der Waals surface area contributed by atoms with Crippen LogP contribution < -0.4 is 5.73 Å². The predicted molar refractivity (Wildman–Crippen MR) is 75.4 cm³/mol. The van der Waals surface area contributed by atoms with Crippen LogP contribution in [0.3, 0.4) is 0 Å². The molecule has 1 rings (SSSR count). The Bertz CT molecular complexity index is 257. The molecule has 18 heavy (non-hydrogen) atoms. The number of carbonyl (C=O) groups is 1. The quantitative estimate of drug-likeness (QED) is 0.746. The van der Waals surface area contributed by atoms with Gasteiger partial charge in [0.25, 0.3) is 0 Å². The van der Waals surface area contributed by atoms with Crippen LogP contribution in [-0.4, -0.2) is 55.5 Å². The van der Waals surface area contributed by atoms with Gasteiger partial charge in [-0.1, -0.05) is 6.92 Å². The van der Waals surface area contributed by atoms with E-state index in [4.69, 9.17) is 5.73 Å². The van der Waals surface area contributed by atoms with E-state index < -0.39 is 0 Å². The van der Waals surface area contributed by atoms with Gasteiger partial charge in [0.15, 0.2) is 0 Å². The van der Waals surface area contributed by atoms with Crippen molar-refractivity contribution in [3.63, 3.8) is 0 Å². The van der Waals surface area contributed by atoms with E-state index in [1.54, 1.807) is 0 Å². The number of nitrogens with two attached hydrogens (primary N) is 1. The van der Waals surface area contributed by atoms with E-state index in [9.17, 15) is 4.79 Å². The van der Waals surface area contributed by atoms with E-state index in [2.05, 4.69) is 18.9 Å². The van der Waals surface area contributed by atoms with Gasteiger partial charge in [-0.25, -0.2) is 0 Å². The molecule has 2 unspecified atom stereocenters. The van der Waals surface area contributed by atoms with Crippen molar-refractivity contribution in [3.05, 3.63) is 0 Å². The summed E-state index contributed by atoms with van der Waals surface area (Å²) in [5.41, 5.74) is 5.52. The number of hydrogen-bond donors (Lipinski definition) is 1. The fourth-order valence-corrected chi connectivity index (χ4v) is 2.62. The maximum atomic E-state index is 12.0. The molecule has 1 fully saturated rings. The van der Waals surface area contributed by atoms with Gasteiger partial charge in [0.1, 0.15) is 0 Å². The van der Waals surface area contributed by atoms with Crippen LogP contribution in [0.4, 0.5) is 0 Å². The molecule has 0 aromatic heterocycles. The molecule has 106 valence electrons. The van der Waals surface area contributed by atoms with Crippen LogP contribution >= 0.6 is 0 Å². The van der Waals surface area contributed by atoms with Crippen molar-refractivity contribution in [1.29, 1.82) is 0 Å². The van der Waals surface area contributed by atoms with Gasteiger partial charge in [-0.05, 0) is 51.7 Å². The van der Waals surface area contributed by atoms with Crippen molar-refractivity contribution in [1.82, 2.24) is 9.80 Å². The molecule has 0 radical (unpaired) electrons. The molecule has 1 aliphatic heterocycles. The minimum atomic E-state index is 0.277. The highest BCUT2D eigenvalue weighted by atomic mass is 16.2. The molecule has 0 aliphatic carbocycles. The number of carbonyl (C=O) groups excluding carboxylic acids is 1. The largest absolute Gasteiger partial charge is 0.344 e. The Morgan fingerprint density at radius 1 is 1.50 bits per heavy atom. The molecule has 0 spiro atoms. The highest BCUT2D eigenvalue weighted by Gasteiger charge is 2.23. The van der Waals surface area contributed by atoms with Crippen molar-refractivity contribution < 1.29 is 4.79 Å². The van der Waals surface area contributed by atoms with Crippen molar-refractivity contribution in [2.75, 3.05) is 33.7 Å². The van der Waals surface area contributed by atoms with Gasteiger partial charge in [-0.3, -0.25) is 4.79 Å². The van der Waals surface area contributed by atoms with E-state index >= 15 is 0 Å². The summed E-state index contributed by atoms with van der Waals surface area (Å²) in [6.45, 7) is 4.93. The summed E-state index contributed by atoms with van der Waals surface area (Å²) in [6.07, 6.45) is 5.12. The highest BCUT2D eigenvalue weighted by Crippen LogP contribution is 2.16. The summed E-state index contributed by atoms with van der Waals surface area (Å²) in [5.74, 6) is 0.834. The summed E-state index contributed by atoms with van der Waals surface area (Å²) >= 11 is 0. The Morgan fingerprint density at radius 2 is 2.22 bits per heavy atom. The summed E-state index contributed by atoms with van der Waals surface area (Å²) in [7, 11) is 4.08. The lowest BCUT2D eigenvalue weighted by atomic mass is 10.0. The van der Waals surface area contributed by atoms with E-state index in [1.807, 2.05) is 11.9 Å². The van der Waals surface area contributed by atoms with Gasteiger partial charge in [0.05, 0.1) is 0 Å². The number of amides is 1. The minimum Gasteiger partial charge on any atom is -0.344 e. The van der Waals surface area contributed by atoms with Crippen molar-refractivity contribution in [2.24, 2.45) is 11.7 Å². The number of likely N-dealkylation sites (tertiary alicyclic amines) is 1. The van der Waals surface area contributed by atoms with Crippen LogP contribution in [0.5, 0.6) is 0 Å². The molecular weight excluding hydrogens is 226 g/mol. The summed E-state index contributed by atoms with van der Waals surface area (Å²) in [6, 6.07) is 0.556. The number of hydrogen-bond acceptors (Lipinski definition) is 3. The van der Waals surface area contributed by atoms with Gasteiger partial charge >= 0.3 is 0 Å². The van der Waals surface area contributed by atoms with Crippen LogP contribution in [0.2, 0.25) is 0 Å². The van der Waals surface area contributed by atoms with Gasteiger partial charge in [-0.2, -0.15) is 0 Å². The first-order valence-electron chi connectivity index (χ1n) is 7.18. The third kappa shape index (κ3) is 4.94. The second-order valence-electron chi connectivity index (χ2n) is 5.77. The van der Waals surface area contributed by atoms with E-state index in [0.29, 0.717) is 18.4 Å². The lowest BCUT2D eigenvalue weighted by Crippen LogP contribution is -2.39. The third-order valence-corrected chi connectivity index (χ3v) is 4.09. The molecule has 4 nitrogen and oxygen atoms in total. The summed E-state index contributed by atoms with van der Waals surface area (Å²) < 4.78 is 0. The normalized spacial score (nSPS) is 22.1. The van der Waals surface area contributed by atoms with Crippen LogP contribution in [-0.2, 0) is 4.79 Å². The Morgan fingerprint density at radius 3 is 2.78 bits per heavy atom. The second-order valence-corrected chi connectivity index (χ2v) is 5.77. The van der Waals surface area contributed by atoms with Crippen LogP contribution in [0, 0.1) is 5.92 Å². The van der Waals surface area contributed by atoms with Crippen LogP contribution in [0.15, 0.2) is 0 Å². The number of rotatable bonds is 7. The van der Waals surface area contributed by atoms with E-state index in [-0.39, 0.29) is 5.91 Å². The monoisotopic (exact) mass is 255 g/mol. The Balaban J connectivity index is 2.24. The smallest absolute Gasteiger partial charge is 0.222 e. The molecule has 4 heteroatoms. The average molecular weight is 255 g/mol. The van der Waals surface area contributed by atoms with Crippen molar-refractivity contribution in [2.45, 2.75) is 45.1 Å². The van der Waals surface area contributed by atoms with Gasteiger partial charge in [0.2, 0.25) is 5.91 Å². The zero-order chi connectivity index (χ0) is 13.5. The van der Waals surface area contributed by atoms with Gasteiger partial charge < -0.3 is 15.5 Å². The first kappa shape index (κ1) is 15.4. The van der Waals surface area contributed by atoms with Crippen LogP contribution in [0.1, 0.15) is 39.0 Å². The molecule has 2 N–H and O–H groups in total. The zero-order valence-electron chi connectivity index (χ0n) is 12.2. The van der Waals surface area contributed by atoms with Gasteiger partial charge in [0, 0.05) is 26.1 Å². The molecule has 1 saturated heterocycles. The standard InChI is InChI=1S/C14H29N3O/c1-12(8-9-15)6-7-14(18)17(3)11-13-5-4-10-16(13)2/h12-13H,4-11,15H2,1-3H3. The Labute approximate surface area is 111 Å². The first-order chi connectivity index (χ1) is 8.54. The first-order valence-corrected chi connectivity index (χ1v) is 7.18. The Hall–Kier alpha value is -0.610. The maximum Gasteiger partial charge on any atom is 0.222 e. The van der Waals surface area contributed by atoms with Crippen LogP contribution in [0.25, 0.3) is 0 Å². The molecular formula is C14H29N3O. The molecule has 0 aromatic rings. The lowest BCUT2D eigenvalue weighted by Gasteiger charge is -2.26. The Kier molecular flexibility index (Phi) is 6.65. The lowest BCUT2D eigenvalue weighted by molar-refractivity contribution is -0.130. The minimum absolute atomic E-state index is 0.277. The fraction of sp³-hybridized carbons (Fsp3) is 0.929. The van der Waals surface area contributed by atoms with Crippen molar-refractivity contribution in [3.8, 4) is 0 Å². The molecule has 0 bridgehead atoms. The molecule has 1 amide bonds. The maximum absolute atomic E-state index is 12.0.